The lowest BCUT2D eigenvalue weighted by Gasteiger charge is -2.40. The first-order valence-corrected chi connectivity index (χ1v) is 11.6. The Kier molecular flexibility index (Phi) is 7.63. The van der Waals surface area contributed by atoms with Crippen LogP contribution in [0.4, 0.5) is 22.4 Å². The molecule has 0 spiro atoms. The number of hydrogen-bond donors (Lipinski definition) is 2. The van der Waals surface area contributed by atoms with Gasteiger partial charge in [0.25, 0.3) is 0 Å². The first-order chi connectivity index (χ1) is 16.6. The van der Waals surface area contributed by atoms with E-state index in [4.69, 9.17) is 9.47 Å². The minimum atomic E-state index is -4.73. The van der Waals surface area contributed by atoms with Gasteiger partial charge < -0.3 is 24.8 Å². The van der Waals surface area contributed by atoms with E-state index >= 15 is 4.39 Å². The molecule has 2 aliphatic rings. The number of fused-ring (bicyclic) bond motifs is 1. The van der Waals surface area contributed by atoms with Crippen LogP contribution >= 0.6 is 11.8 Å². The van der Waals surface area contributed by atoms with Crippen LogP contribution in [0.3, 0.4) is 0 Å². The second-order valence-corrected chi connectivity index (χ2v) is 10.1. The highest BCUT2D eigenvalue weighted by Crippen LogP contribution is 2.42. The monoisotopic (exact) mass is 532 g/mol. The van der Waals surface area contributed by atoms with Crippen molar-refractivity contribution in [3.8, 4) is 5.75 Å². The van der Waals surface area contributed by atoms with Gasteiger partial charge in [0.15, 0.2) is 11.6 Å². The molecule has 1 aromatic rings. The molecule has 13 heteroatoms. The molecule has 1 fully saturated rings. The van der Waals surface area contributed by atoms with Crippen molar-refractivity contribution in [1.82, 2.24) is 10.2 Å². The fourth-order valence-corrected chi connectivity index (χ4v) is 4.96. The quantitative estimate of drug-likeness (QED) is 0.543. The molecule has 0 saturated carbocycles. The van der Waals surface area contributed by atoms with Crippen LogP contribution in [0.25, 0.3) is 0 Å². The van der Waals surface area contributed by atoms with Gasteiger partial charge in [-0.2, -0.15) is 13.2 Å². The number of thioether (sulfide) groups is 1. The minimum Gasteiger partial charge on any atom is -0.496 e. The number of nitrogens with zero attached hydrogens (tertiary/aromatic N) is 1. The molecule has 36 heavy (non-hydrogen) atoms. The van der Waals surface area contributed by atoms with E-state index < -0.39 is 64.4 Å². The summed E-state index contributed by atoms with van der Waals surface area (Å²) in [5.74, 6) is -3.86. The number of carboxylic acids is 1. The maximum Gasteiger partial charge on any atom is 0.419 e. The molecule has 0 bridgehead atoms. The smallest absolute Gasteiger partial charge is 0.419 e. The number of benzene rings is 1. The van der Waals surface area contributed by atoms with Gasteiger partial charge in [-0.05, 0) is 38.5 Å². The Bertz CT molecular complexity index is 1140. The number of carboxylic acid groups (broad SMARTS) is 1. The summed E-state index contributed by atoms with van der Waals surface area (Å²) in [6.07, 6.45) is -4.72. The summed E-state index contributed by atoms with van der Waals surface area (Å²) in [7, 11) is 1.09. The van der Waals surface area contributed by atoms with E-state index in [0.29, 0.717) is 0 Å². The Labute approximate surface area is 208 Å². The van der Waals surface area contributed by atoms with E-state index in [1.807, 2.05) is 0 Å². The molecule has 3 rings (SSSR count). The predicted molar refractivity (Wildman–Crippen MR) is 122 cm³/mol. The number of rotatable bonds is 5. The number of aliphatic carboxylic acids is 1. The van der Waals surface area contributed by atoms with E-state index in [9.17, 15) is 32.7 Å². The number of hydrogen-bond acceptors (Lipinski definition) is 7. The summed E-state index contributed by atoms with van der Waals surface area (Å²) in [4.78, 5) is 38.1. The number of alkyl halides is 3. The number of ether oxygens (including phenoxy) is 2. The van der Waals surface area contributed by atoms with E-state index in [1.54, 1.807) is 20.8 Å². The topological polar surface area (TPSA) is 105 Å². The molecule has 0 aromatic heterocycles. The minimum absolute atomic E-state index is 0.0748. The molecule has 0 aliphatic carbocycles. The van der Waals surface area contributed by atoms with Gasteiger partial charge >= 0.3 is 18.2 Å². The Morgan fingerprint density at radius 1 is 1.25 bits per heavy atom. The molecule has 2 aliphatic heterocycles. The van der Waals surface area contributed by atoms with Crippen molar-refractivity contribution in [2.75, 3.05) is 12.9 Å². The van der Waals surface area contributed by atoms with Gasteiger partial charge in [0, 0.05) is 18.5 Å². The van der Waals surface area contributed by atoms with Crippen LogP contribution in [-0.2, 0) is 27.0 Å². The molecule has 1 amide bonds. The highest BCUT2D eigenvalue weighted by Gasteiger charge is 2.45. The van der Waals surface area contributed by atoms with E-state index in [2.05, 4.69) is 5.32 Å². The molecule has 196 valence electrons. The average Bonchev–Trinajstić information content (AvgIpc) is 2.75. The number of halogens is 4. The SMILES string of the molecule is COc1ccc(CN2C=C(C(=O)O)C(F)=C3SC[C@H](NC(=O)OC(C)(C)C)C(=O)C32)cc1C(F)(F)F. The highest BCUT2D eigenvalue weighted by molar-refractivity contribution is 8.03. The van der Waals surface area contributed by atoms with Crippen LogP contribution in [0.5, 0.6) is 5.75 Å². The number of alkyl carbamates (subject to hydrolysis) is 1. The van der Waals surface area contributed by atoms with E-state index in [1.165, 1.54) is 6.07 Å². The fourth-order valence-electron chi connectivity index (χ4n) is 3.72. The van der Waals surface area contributed by atoms with Crippen LogP contribution in [0, 0.1) is 0 Å². The number of Topliss-reactive ketones (excluding diaryl/α,β-unsaturated/α-hetero) is 1. The first-order valence-electron chi connectivity index (χ1n) is 10.6. The average molecular weight is 533 g/mol. The van der Waals surface area contributed by atoms with Gasteiger partial charge in [0.2, 0.25) is 0 Å². The van der Waals surface area contributed by atoms with Crippen molar-refractivity contribution < 1.29 is 46.5 Å². The van der Waals surface area contributed by atoms with Crippen molar-refractivity contribution in [1.29, 1.82) is 0 Å². The zero-order valence-corrected chi connectivity index (χ0v) is 20.6. The number of nitrogens with one attached hydrogen (secondary N) is 1. The molecule has 2 heterocycles. The number of ketones is 1. The number of carbonyl (C=O) groups excluding carboxylic acids is 2. The largest absolute Gasteiger partial charge is 0.496 e. The van der Waals surface area contributed by atoms with Gasteiger partial charge in [0.05, 0.1) is 17.6 Å². The lowest BCUT2D eigenvalue weighted by atomic mass is 9.97. The second-order valence-electron chi connectivity index (χ2n) is 9.05. The summed E-state index contributed by atoms with van der Waals surface area (Å²) in [5, 5.41) is 11.9. The van der Waals surface area contributed by atoms with Crippen molar-refractivity contribution in [3.63, 3.8) is 0 Å². The van der Waals surface area contributed by atoms with Crippen LogP contribution < -0.4 is 10.1 Å². The van der Waals surface area contributed by atoms with Crippen LogP contribution in [0.2, 0.25) is 0 Å². The van der Waals surface area contributed by atoms with Crippen molar-refractivity contribution in [3.05, 3.63) is 51.8 Å². The van der Waals surface area contributed by atoms with Crippen LogP contribution in [-0.4, -0.2) is 58.4 Å². The van der Waals surface area contributed by atoms with Crippen molar-refractivity contribution >= 4 is 29.6 Å². The lowest BCUT2D eigenvalue weighted by molar-refractivity contribution is -0.139. The summed E-state index contributed by atoms with van der Waals surface area (Å²) in [5.41, 5.74) is -2.56. The molecule has 8 nitrogen and oxygen atoms in total. The maximum absolute atomic E-state index is 15.0. The first kappa shape index (κ1) is 27.4. The summed E-state index contributed by atoms with van der Waals surface area (Å²) >= 11 is 0.844. The molecular weight excluding hydrogens is 508 g/mol. The number of methoxy groups -OCH3 is 1. The molecular formula is C23H24F4N2O6S. The Hall–Kier alpha value is -3.22. The summed E-state index contributed by atoms with van der Waals surface area (Å²) in [6, 6.07) is 0.788. The van der Waals surface area contributed by atoms with Gasteiger partial charge in [-0.25, -0.2) is 14.0 Å². The zero-order chi connectivity index (χ0) is 27.0. The van der Waals surface area contributed by atoms with Crippen LogP contribution in [0.1, 0.15) is 31.9 Å². The third kappa shape index (κ3) is 5.94. The molecule has 1 aromatic carbocycles. The van der Waals surface area contributed by atoms with E-state index in [0.717, 1.165) is 42.1 Å². The fraction of sp³-hybridized carbons (Fsp3) is 0.435. The van der Waals surface area contributed by atoms with Gasteiger partial charge in [-0.1, -0.05) is 6.07 Å². The molecule has 2 N–H and O–H groups in total. The molecule has 1 saturated heterocycles. The van der Waals surface area contributed by atoms with E-state index in [-0.39, 0.29) is 22.8 Å². The van der Waals surface area contributed by atoms with Crippen LogP contribution in [0.15, 0.2) is 40.7 Å². The maximum atomic E-state index is 15.0. The Morgan fingerprint density at radius 3 is 2.47 bits per heavy atom. The van der Waals surface area contributed by atoms with Gasteiger partial charge in [0.1, 0.15) is 29.0 Å². The Balaban J connectivity index is 1.96. The lowest BCUT2D eigenvalue weighted by Crippen LogP contribution is -2.55. The van der Waals surface area contributed by atoms with Crippen molar-refractivity contribution in [2.45, 2.75) is 51.2 Å². The third-order valence-electron chi connectivity index (χ3n) is 5.20. The third-order valence-corrected chi connectivity index (χ3v) is 6.42. The molecule has 2 atom stereocenters. The second kappa shape index (κ2) is 10.0. The van der Waals surface area contributed by atoms with Crippen molar-refractivity contribution in [2.24, 2.45) is 0 Å². The normalized spacial score (nSPS) is 20.5. The highest BCUT2D eigenvalue weighted by atomic mass is 32.2. The van der Waals surface area contributed by atoms with Gasteiger partial charge in [-0.3, -0.25) is 4.79 Å². The molecule has 1 unspecified atom stereocenters. The zero-order valence-electron chi connectivity index (χ0n) is 19.7. The standard InChI is InChI=1S/C23H24F4N2O6S/c1-22(2,3)35-21(33)28-14-10-36-19-16(24)12(20(31)32)9-29(17(19)18(14)30)8-11-5-6-15(34-4)13(7-11)23(25,26)27/h5-7,9,14,17H,8,10H2,1-4H3,(H,28,33)(H,31,32)/t14-,17?/m0/s1. The summed E-state index contributed by atoms with van der Waals surface area (Å²) < 4.78 is 65.4. The van der Waals surface area contributed by atoms with Gasteiger partial charge in [-0.15, -0.1) is 11.8 Å². The number of carbonyl (C=O) groups is 3. The molecule has 0 radical (unpaired) electrons. The number of amides is 1. The Morgan fingerprint density at radius 2 is 1.92 bits per heavy atom. The predicted octanol–water partition coefficient (Wildman–Crippen LogP) is 4.26. The summed E-state index contributed by atoms with van der Waals surface area (Å²) in [6.45, 7) is 4.54.